The summed E-state index contributed by atoms with van der Waals surface area (Å²) < 4.78 is 0. The van der Waals surface area contributed by atoms with Crippen LogP contribution < -0.4 is 11.1 Å². The van der Waals surface area contributed by atoms with Gasteiger partial charge in [-0.1, -0.05) is 11.8 Å². The third kappa shape index (κ3) is 3.41. The van der Waals surface area contributed by atoms with E-state index in [1.807, 2.05) is 0 Å². The molecule has 1 heterocycles. The highest BCUT2D eigenvalue weighted by Gasteiger charge is 2.21. The summed E-state index contributed by atoms with van der Waals surface area (Å²) in [5.74, 6) is 1.16. The first-order valence-corrected chi connectivity index (χ1v) is 6.34. The number of thioether (sulfide) groups is 1. The maximum Gasteiger partial charge on any atom is 0.230 e. The minimum absolute atomic E-state index is 0.0574. The number of hydrogen-bond acceptors (Lipinski definition) is 4. The smallest absolute Gasteiger partial charge is 0.230 e. The number of pyridine rings is 1. The third-order valence-corrected chi connectivity index (χ3v) is 3.45. The van der Waals surface area contributed by atoms with Gasteiger partial charge in [0.15, 0.2) is 0 Å². The van der Waals surface area contributed by atoms with Crippen molar-refractivity contribution in [3.8, 4) is 0 Å². The van der Waals surface area contributed by atoms with E-state index in [1.165, 1.54) is 24.6 Å². The number of carbonyl (C=O) groups excluding carboxylic acids is 1. The maximum atomic E-state index is 11.5. The molecular weight excluding hydrogens is 222 g/mol. The van der Waals surface area contributed by atoms with Crippen LogP contribution in [0.1, 0.15) is 12.8 Å². The summed E-state index contributed by atoms with van der Waals surface area (Å²) in [6.45, 7) is 0.817. The lowest BCUT2D eigenvalue weighted by Gasteiger charge is -2.04. The molecule has 0 saturated heterocycles. The molecule has 5 heteroatoms. The Labute approximate surface area is 99.0 Å². The Morgan fingerprint density at radius 1 is 1.62 bits per heavy atom. The van der Waals surface area contributed by atoms with Crippen LogP contribution in [-0.2, 0) is 4.79 Å². The van der Waals surface area contributed by atoms with Gasteiger partial charge in [-0.3, -0.25) is 4.79 Å². The van der Waals surface area contributed by atoms with Crippen molar-refractivity contribution in [3.05, 3.63) is 18.3 Å². The fraction of sp³-hybridized carbons (Fsp3) is 0.455. The van der Waals surface area contributed by atoms with Crippen molar-refractivity contribution < 1.29 is 4.79 Å². The summed E-state index contributed by atoms with van der Waals surface area (Å²) in [4.78, 5) is 15.6. The van der Waals surface area contributed by atoms with Gasteiger partial charge in [-0.05, 0) is 30.9 Å². The van der Waals surface area contributed by atoms with Crippen LogP contribution in [0.25, 0.3) is 0 Å². The second-order valence-corrected chi connectivity index (χ2v) is 4.90. The van der Waals surface area contributed by atoms with Gasteiger partial charge < -0.3 is 11.1 Å². The molecule has 1 aliphatic carbocycles. The summed E-state index contributed by atoms with van der Waals surface area (Å²) in [6.07, 6.45) is 4.18. The van der Waals surface area contributed by atoms with E-state index in [4.69, 9.17) is 5.73 Å². The van der Waals surface area contributed by atoms with Crippen LogP contribution >= 0.6 is 11.8 Å². The Hall–Kier alpha value is -1.23. The molecule has 0 aliphatic heterocycles. The van der Waals surface area contributed by atoms with Crippen molar-refractivity contribution in [1.29, 1.82) is 0 Å². The van der Waals surface area contributed by atoms with Crippen molar-refractivity contribution in [2.24, 2.45) is 5.92 Å². The quantitative estimate of drug-likeness (QED) is 0.757. The monoisotopic (exact) mass is 237 g/mol. The van der Waals surface area contributed by atoms with Gasteiger partial charge in [-0.25, -0.2) is 4.98 Å². The first-order chi connectivity index (χ1) is 7.75. The molecule has 1 amide bonds. The highest BCUT2D eigenvalue weighted by Crippen LogP contribution is 2.27. The molecule has 1 aromatic heterocycles. The minimum atomic E-state index is 0.0574. The molecule has 0 radical (unpaired) electrons. The standard InChI is InChI=1S/C11H15N3OS/c12-9-2-1-5-13-11(9)16-7-10(15)14-6-8-3-4-8/h1-2,5,8H,3-4,6-7,12H2,(H,14,15). The van der Waals surface area contributed by atoms with E-state index < -0.39 is 0 Å². The van der Waals surface area contributed by atoms with Crippen LogP contribution in [0.15, 0.2) is 23.4 Å². The van der Waals surface area contributed by atoms with E-state index in [9.17, 15) is 4.79 Å². The Bertz CT molecular complexity index is 379. The van der Waals surface area contributed by atoms with Gasteiger partial charge in [-0.2, -0.15) is 0 Å². The van der Waals surface area contributed by atoms with Crippen LogP contribution in [0.2, 0.25) is 0 Å². The zero-order valence-electron chi connectivity index (χ0n) is 8.98. The number of anilines is 1. The summed E-state index contributed by atoms with van der Waals surface area (Å²) >= 11 is 1.38. The minimum Gasteiger partial charge on any atom is -0.397 e. The second-order valence-electron chi connectivity index (χ2n) is 3.93. The lowest BCUT2D eigenvalue weighted by Crippen LogP contribution is -2.27. The molecule has 1 saturated carbocycles. The zero-order valence-corrected chi connectivity index (χ0v) is 9.80. The molecule has 1 fully saturated rings. The molecule has 4 nitrogen and oxygen atoms in total. The first kappa shape index (κ1) is 11.3. The molecule has 1 aromatic rings. The number of nitrogens with one attached hydrogen (secondary N) is 1. The molecule has 86 valence electrons. The number of amides is 1. The number of aromatic nitrogens is 1. The van der Waals surface area contributed by atoms with Crippen LogP contribution in [0.5, 0.6) is 0 Å². The first-order valence-electron chi connectivity index (χ1n) is 5.35. The van der Waals surface area contributed by atoms with Crippen LogP contribution in [0.4, 0.5) is 5.69 Å². The van der Waals surface area contributed by atoms with Gasteiger partial charge in [0, 0.05) is 12.7 Å². The number of hydrogen-bond donors (Lipinski definition) is 2. The molecule has 0 unspecified atom stereocenters. The fourth-order valence-corrected chi connectivity index (χ4v) is 2.03. The molecule has 0 atom stereocenters. The number of nitrogens with two attached hydrogens (primary N) is 1. The number of nitrogen functional groups attached to an aromatic ring is 1. The van der Waals surface area contributed by atoms with Gasteiger partial charge in [0.2, 0.25) is 5.91 Å². The maximum absolute atomic E-state index is 11.5. The normalized spacial score (nSPS) is 14.8. The number of rotatable bonds is 5. The number of nitrogens with zero attached hydrogens (tertiary/aromatic N) is 1. The van der Waals surface area contributed by atoms with E-state index in [1.54, 1.807) is 18.3 Å². The average molecular weight is 237 g/mol. The van der Waals surface area contributed by atoms with Gasteiger partial charge in [0.05, 0.1) is 11.4 Å². The summed E-state index contributed by atoms with van der Waals surface area (Å²) in [7, 11) is 0. The van der Waals surface area contributed by atoms with Gasteiger partial charge in [0.25, 0.3) is 0 Å². The van der Waals surface area contributed by atoms with E-state index >= 15 is 0 Å². The van der Waals surface area contributed by atoms with Gasteiger partial charge >= 0.3 is 0 Å². The predicted octanol–water partition coefficient (Wildman–Crippen LogP) is 1.28. The molecule has 2 rings (SSSR count). The predicted molar refractivity (Wildman–Crippen MR) is 65.1 cm³/mol. The molecule has 0 spiro atoms. The SMILES string of the molecule is Nc1cccnc1SCC(=O)NCC1CC1. The number of carbonyl (C=O) groups is 1. The Kier molecular flexibility index (Phi) is 3.66. The van der Waals surface area contributed by atoms with Gasteiger partial charge in [0.1, 0.15) is 5.03 Å². The van der Waals surface area contributed by atoms with Gasteiger partial charge in [-0.15, -0.1) is 0 Å². The fourth-order valence-electron chi connectivity index (χ4n) is 1.29. The van der Waals surface area contributed by atoms with E-state index in [2.05, 4.69) is 10.3 Å². The molecule has 16 heavy (non-hydrogen) atoms. The van der Waals surface area contributed by atoms with Crippen molar-refractivity contribution in [2.45, 2.75) is 17.9 Å². The average Bonchev–Trinajstić information content (AvgIpc) is 3.09. The Balaban J connectivity index is 1.73. The van der Waals surface area contributed by atoms with Crippen LogP contribution in [0.3, 0.4) is 0 Å². The lowest BCUT2D eigenvalue weighted by molar-refractivity contribution is -0.118. The molecule has 0 bridgehead atoms. The highest BCUT2D eigenvalue weighted by atomic mass is 32.2. The zero-order chi connectivity index (χ0) is 11.4. The van der Waals surface area contributed by atoms with Crippen molar-refractivity contribution in [1.82, 2.24) is 10.3 Å². The molecule has 3 N–H and O–H groups in total. The third-order valence-electron chi connectivity index (χ3n) is 2.43. The lowest BCUT2D eigenvalue weighted by atomic mass is 10.4. The second kappa shape index (κ2) is 5.21. The molecule has 1 aliphatic rings. The molecule has 0 aromatic carbocycles. The van der Waals surface area contributed by atoms with Crippen LogP contribution in [-0.4, -0.2) is 23.2 Å². The van der Waals surface area contributed by atoms with Crippen molar-refractivity contribution in [3.63, 3.8) is 0 Å². The van der Waals surface area contributed by atoms with Crippen molar-refractivity contribution in [2.75, 3.05) is 18.0 Å². The Morgan fingerprint density at radius 2 is 2.44 bits per heavy atom. The Morgan fingerprint density at radius 3 is 3.12 bits per heavy atom. The highest BCUT2D eigenvalue weighted by molar-refractivity contribution is 8.00. The van der Waals surface area contributed by atoms with E-state index in [0.29, 0.717) is 17.4 Å². The topological polar surface area (TPSA) is 68.0 Å². The van der Waals surface area contributed by atoms with Crippen molar-refractivity contribution >= 4 is 23.4 Å². The van der Waals surface area contributed by atoms with E-state index in [-0.39, 0.29) is 5.91 Å². The van der Waals surface area contributed by atoms with Crippen LogP contribution in [0, 0.1) is 5.92 Å². The summed E-state index contributed by atoms with van der Waals surface area (Å²) in [6, 6.07) is 3.57. The summed E-state index contributed by atoms with van der Waals surface area (Å²) in [5, 5.41) is 3.63. The largest absolute Gasteiger partial charge is 0.397 e. The summed E-state index contributed by atoms with van der Waals surface area (Å²) in [5.41, 5.74) is 6.35. The molecular formula is C11H15N3OS. The van der Waals surface area contributed by atoms with E-state index in [0.717, 1.165) is 11.6 Å².